The average molecular weight is 354 g/mol. The van der Waals surface area contributed by atoms with E-state index in [-0.39, 0.29) is 5.82 Å². The molecule has 0 atom stereocenters. The van der Waals surface area contributed by atoms with Gasteiger partial charge in [-0.05, 0) is 43.3 Å². The lowest BCUT2D eigenvalue weighted by molar-refractivity contribution is 0.628. The Labute approximate surface area is 147 Å². The van der Waals surface area contributed by atoms with Crippen LogP contribution in [0.5, 0.6) is 0 Å². The van der Waals surface area contributed by atoms with Crippen molar-refractivity contribution >= 4 is 23.1 Å². The molecule has 124 valence electrons. The third-order valence-corrected chi connectivity index (χ3v) is 4.07. The number of aromatic nitrogens is 4. The molecule has 0 bridgehead atoms. The van der Waals surface area contributed by atoms with Crippen LogP contribution in [0.4, 0.5) is 10.2 Å². The first-order valence-electron chi connectivity index (χ1n) is 7.56. The molecule has 4 rings (SSSR count). The van der Waals surface area contributed by atoms with Crippen LogP contribution in [0.3, 0.4) is 0 Å². The van der Waals surface area contributed by atoms with Crippen LogP contribution in [-0.4, -0.2) is 19.4 Å². The molecular formula is C18H13ClFN5. The maximum atomic E-state index is 13.3. The van der Waals surface area contributed by atoms with Crippen LogP contribution in [0.15, 0.2) is 48.8 Å². The first kappa shape index (κ1) is 15.5. The van der Waals surface area contributed by atoms with Gasteiger partial charge in [0.15, 0.2) is 11.5 Å². The number of benzene rings is 1. The number of fused-ring (bicyclic) bond motifs is 1. The lowest BCUT2D eigenvalue weighted by atomic mass is 10.0. The monoisotopic (exact) mass is 353 g/mol. The SMILES string of the molecule is Cc1cc(-c2c(-c3ccc(F)cc3)nc(N)c3nccn23)cc(Cl)n1. The molecular weight excluding hydrogens is 341 g/mol. The number of halogens is 2. The van der Waals surface area contributed by atoms with Gasteiger partial charge in [-0.25, -0.2) is 19.3 Å². The van der Waals surface area contributed by atoms with E-state index in [1.54, 1.807) is 30.6 Å². The predicted molar refractivity (Wildman–Crippen MR) is 95.8 cm³/mol. The second kappa shape index (κ2) is 5.82. The largest absolute Gasteiger partial charge is 0.381 e. The Morgan fingerprint density at radius 2 is 1.84 bits per heavy atom. The lowest BCUT2D eigenvalue weighted by Crippen LogP contribution is -2.04. The van der Waals surface area contributed by atoms with Crippen molar-refractivity contribution in [2.75, 3.05) is 5.73 Å². The molecule has 0 saturated heterocycles. The number of hydrogen-bond donors (Lipinski definition) is 1. The van der Waals surface area contributed by atoms with Crippen molar-refractivity contribution in [3.63, 3.8) is 0 Å². The molecule has 0 aliphatic carbocycles. The average Bonchev–Trinajstić information content (AvgIpc) is 3.04. The summed E-state index contributed by atoms with van der Waals surface area (Å²) in [7, 11) is 0. The summed E-state index contributed by atoms with van der Waals surface area (Å²) in [6.07, 6.45) is 3.46. The number of nitrogens with zero attached hydrogens (tertiary/aromatic N) is 4. The zero-order chi connectivity index (χ0) is 17.6. The van der Waals surface area contributed by atoms with E-state index in [9.17, 15) is 4.39 Å². The number of nitrogens with two attached hydrogens (primary N) is 1. The van der Waals surface area contributed by atoms with Gasteiger partial charge in [0.1, 0.15) is 11.0 Å². The molecule has 4 aromatic rings. The van der Waals surface area contributed by atoms with Gasteiger partial charge in [0.25, 0.3) is 0 Å². The predicted octanol–water partition coefficient (Wildman–Crippen LogP) is 4.14. The third-order valence-electron chi connectivity index (χ3n) is 3.88. The van der Waals surface area contributed by atoms with Crippen molar-refractivity contribution in [2.45, 2.75) is 6.92 Å². The highest BCUT2D eigenvalue weighted by molar-refractivity contribution is 6.29. The Morgan fingerprint density at radius 1 is 1.08 bits per heavy atom. The fourth-order valence-electron chi connectivity index (χ4n) is 2.86. The molecule has 7 heteroatoms. The van der Waals surface area contributed by atoms with Gasteiger partial charge in [-0.15, -0.1) is 0 Å². The fraction of sp³-hybridized carbons (Fsp3) is 0.0556. The van der Waals surface area contributed by atoms with Gasteiger partial charge in [-0.3, -0.25) is 4.40 Å². The van der Waals surface area contributed by atoms with E-state index in [2.05, 4.69) is 15.0 Å². The Kier molecular flexibility index (Phi) is 3.62. The van der Waals surface area contributed by atoms with Crippen molar-refractivity contribution in [1.82, 2.24) is 19.4 Å². The maximum absolute atomic E-state index is 13.3. The first-order valence-corrected chi connectivity index (χ1v) is 7.94. The molecule has 0 saturated carbocycles. The van der Waals surface area contributed by atoms with Crippen molar-refractivity contribution < 1.29 is 4.39 Å². The molecule has 0 radical (unpaired) electrons. The molecule has 1 aromatic carbocycles. The molecule has 0 unspecified atom stereocenters. The number of hydrogen-bond acceptors (Lipinski definition) is 4. The zero-order valence-corrected chi connectivity index (χ0v) is 14.0. The third kappa shape index (κ3) is 2.70. The highest BCUT2D eigenvalue weighted by atomic mass is 35.5. The molecule has 5 nitrogen and oxygen atoms in total. The van der Waals surface area contributed by atoms with Gasteiger partial charge < -0.3 is 5.73 Å². The van der Waals surface area contributed by atoms with Crippen LogP contribution in [-0.2, 0) is 0 Å². The summed E-state index contributed by atoms with van der Waals surface area (Å²) in [6.45, 7) is 1.86. The second-order valence-electron chi connectivity index (χ2n) is 5.64. The number of aryl methyl sites for hydroxylation is 1. The van der Waals surface area contributed by atoms with Gasteiger partial charge in [0.05, 0.1) is 11.4 Å². The minimum atomic E-state index is -0.315. The number of anilines is 1. The van der Waals surface area contributed by atoms with Crippen molar-refractivity contribution in [3.8, 4) is 22.5 Å². The van der Waals surface area contributed by atoms with E-state index in [1.807, 2.05) is 17.4 Å². The summed E-state index contributed by atoms with van der Waals surface area (Å²) < 4.78 is 15.2. The smallest absolute Gasteiger partial charge is 0.180 e. The normalized spacial score (nSPS) is 11.2. The summed E-state index contributed by atoms with van der Waals surface area (Å²) in [4.78, 5) is 13.0. The van der Waals surface area contributed by atoms with Gasteiger partial charge in [-0.2, -0.15) is 0 Å². The van der Waals surface area contributed by atoms with E-state index < -0.39 is 0 Å². The second-order valence-corrected chi connectivity index (χ2v) is 6.03. The first-order chi connectivity index (χ1) is 12.0. The molecule has 25 heavy (non-hydrogen) atoms. The standard InChI is InChI=1S/C18H13ClFN5/c1-10-8-12(9-14(19)23-10)16-15(11-2-4-13(20)5-3-11)24-17(21)18-22-6-7-25(16)18/h2-9H,1H3,(H2,21,24). The summed E-state index contributed by atoms with van der Waals surface area (Å²) in [5.41, 5.74) is 10.3. The minimum absolute atomic E-state index is 0.296. The van der Waals surface area contributed by atoms with Crippen molar-refractivity contribution in [2.24, 2.45) is 0 Å². The van der Waals surface area contributed by atoms with E-state index in [1.165, 1.54) is 12.1 Å². The highest BCUT2D eigenvalue weighted by Gasteiger charge is 2.17. The molecule has 0 fully saturated rings. The Balaban J connectivity index is 2.10. The van der Waals surface area contributed by atoms with E-state index in [0.29, 0.717) is 22.3 Å². The molecule has 0 spiro atoms. The quantitative estimate of drug-likeness (QED) is 0.550. The Hall–Kier alpha value is -2.99. The Morgan fingerprint density at radius 3 is 2.56 bits per heavy atom. The van der Waals surface area contributed by atoms with Gasteiger partial charge in [0, 0.05) is 29.2 Å². The number of nitrogen functional groups attached to an aromatic ring is 1. The molecule has 0 amide bonds. The van der Waals surface area contributed by atoms with E-state index in [0.717, 1.165) is 22.5 Å². The molecule has 0 aliphatic rings. The molecule has 0 aliphatic heterocycles. The summed E-state index contributed by atoms with van der Waals surface area (Å²) >= 11 is 6.14. The van der Waals surface area contributed by atoms with Crippen LogP contribution in [0.1, 0.15) is 5.69 Å². The number of rotatable bonds is 2. The molecule has 3 aromatic heterocycles. The van der Waals surface area contributed by atoms with Gasteiger partial charge >= 0.3 is 0 Å². The lowest BCUT2D eigenvalue weighted by Gasteiger charge is -2.14. The summed E-state index contributed by atoms with van der Waals surface area (Å²) in [5, 5.41) is 0.380. The van der Waals surface area contributed by atoms with Gasteiger partial charge in [0.2, 0.25) is 0 Å². The highest BCUT2D eigenvalue weighted by Crippen LogP contribution is 2.34. The topological polar surface area (TPSA) is 69.1 Å². The zero-order valence-electron chi connectivity index (χ0n) is 13.2. The van der Waals surface area contributed by atoms with Crippen molar-refractivity contribution in [1.29, 1.82) is 0 Å². The summed E-state index contributed by atoms with van der Waals surface area (Å²) in [5.74, 6) is -0.0188. The molecule has 3 heterocycles. The summed E-state index contributed by atoms with van der Waals surface area (Å²) in [6, 6.07) is 9.78. The van der Waals surface area contributed by atoms with E-state index >= 15 is 0 Å². The van der Waals surface area contributed by atoms with Crippen LogP contribution in [0.25, 0.3) is 28.2 Å². The number of pyridine rings is 1. The molecule has 2 N–H and O–H groups in total. The fourth-order valence-corrected chi connectivity index (χ4v) is 3.11. The van der Waals surface area contributed by atoms with Gasteiger partial charge in [-0.1, -0.05) is 11.6 Å². The van der Waals surface area contributed by atoms with Crippen LogP contribution in [0, 0.1) is 12.7 Å². The van der Waals surface area contributed by atoms with Crippen LogP contribution >= 0.6 is 11.6 Å². The van der Waals surface area contributed by atoms with Crippen LogP contribution in [0.2, 0.25) is 5.15 Å². The van der Waals surface area contributed by atoms with Crippen molar-refractivity contribution in [3.05, 3.63) is 65.5 Å². The number of imidazole rings is 1. The van der Waals surface area contributed by atoms with Crippen LogP contribution < -0.4 is 5.73 Å². The van der Waals surface area contributed by atoms with E-state index in [4.69, 9.17) is 17.3 Å². The maximum Gasteiger partial charge on any atom is 0.180 e. The Bertz CT molecular complexity index is 1070. The minimum Gasteiger partial charge on any atom is -0.381 e.